The predicted octanol–water partition coefficient (Wildman–Crippen LogP) is 2.87. The van der Waals surface area contributed by atoms with Gasteiger partial charge in [-0.3, -0.25) is 10.2 Å². The van der Waals surface area contributed by atoms with Gasteiger partial charge in [0.15, 0.2) is 5.13 Å². The van der Waals surface area contributed by atoms with Crippen LogP contribution in [0.2, 0.25) is 0 Å². The predicted molar refractivity (Wildman–Crippen MR) is 118 cm³/mol. The van der Waals surface area contributed by atoms with Gasteiger partial charge in [0.25, 0.3) is 0 Å². The van der Waals surface area contributed by atoms with Crippen LogP contribution in [0.4, 0.5) is 9.93 Å². The number of benzene rings is 1. The first kappa shape index (κ1) is 20.8. The van der Waals surface area contributed by atoms with E-state index in [2.05, 4.69) is 47.7 Å². The van der Waals surface area contributed by atoms with Crippen molar-refractivity contribution in [3.05, 3.63) is 45.4 Å². The number of carbonyl (C=O) groups is 1. The number of amides is 2. The quantitative estimate of drug-likeness (QED) is 0.578. The molecular weight excluding hydrogens is 438 g/mol. The lowest BCUT2D eigenvalue weighted by molar-refractivity contribution is 0.233. The van der Waals surface area contributed by atoms with E-state index in [1.54, 1.807) is 0 Å². The number of carbonyl (C=O) groups excluding carboxylic acids is 1. The molecular formula is C20H24BrN5OS. The van der Waals surface area contributed by atoms with Crippen LogP contribution in [0, 0.1) is 12.3 Å². The minimum absolute atomic E-state index is 0.248. The number of hydrogen-bond donors (Lipinski definition) is 3. The maximum absolute atomic E-state index is 12.2. The Balaban J connectivity index is 1.57. The third kappa shape index (κ3) is 5.11. The zero-order valence-corrected chi connectivity index (χ0v) is 18.2. The molecule has 1 aliphatic heterocycles. The van der Waals surface area contributed by atoms with Crippen LogP contribution in [-0.4, -0.2) is 55.2 Å². The monoisotopic (exact) mass is 461 g/mol. The average Bonchev–Trinajstić information content (AvgIpc) is 3.17. The zero-order chi connectivity index (χ0) is 20.0. The lowest BCUT2D eigenvalue weighted by atomic mass is 9.81. The molecule has 0 radical (unpaired) electrons. The van der Waals surface area contributed by atoms with E-state index in [-0.39, 0.29) is 6.03 Å². The number of thiazole rings is 1. The van der Waals surface area contributed by atoms with E-state index < -0.39 is 5.41 Å². The molecule has 1 unspecified atom stereocenters. The first-order chi connectivity index (χ1) is 13.5. The van der Waals surface area contributed by atoms with Crippen LogP contribution in [0.5, 0.6) is 0 Å². The van der Waals surface area contributed by atoms with E-state index in [9.17, 15) is 4.79 Å². The smallest absolute Gasteiger partial charge is 0.321 e. The molecule has 0 aliphatic carbocycles. The highest BCUT2D eigenvalue weighted by Gasteiger charge is 2.29. The molecule has 3 rings (SSSR count). The third-order valence-electron chi connectivity index (χ3n) is 4.87. The van der Waals surface area contributed by atoms with Crippen molar-refractivity contribution < 1.29 is 4.79 Å². The molecule has 1 aliphatic rings. The molecule has 1 fully saturated rings. The summed E-state index contributed by atoms with van der Waals surface area (Å²) in [5.74, 6) is 2.86. The first-order valence-electron chi connectivity index (χ1n) is 9.19. The van der Waals surface area contributed by atoms with Crippen molar-refractivity contribution in [3.63, 3.8) is 0 Å². The molecule has 0 spiro atoms. The standard InChI is InChI=1S/C20H24BrN5OS/c1-3-20(2,15-4-6-16(21)7-5-15)17-14-28-19(24-17)25-18(27)23-10-13-26-11-8-22-9-12-26/h1,4-7,14,22H,8-13H2,2H3,(H2,23,24,25,27). The molecule has 6 nitrogen and oxygen atoms in total. The Labute approximate surface area is 178 Å². The summed E-state index contributed by atoms with van der Waals surface area (Å²) < 4.78 is 0.994. The molecule has 1 aromatic heterocycles. The number of aromatic nitrogens is 1. The lowest BCUT2D eigenvalue weighted by Gasteiger charge is -2.27. The molecule has 0 bridgehead atoms. The second-order valence-electron chi connectivity index (χ2n) is 6.79. The number of urea groups is 1. The minimum Gasteiger partial charge on any atom is -0.337 e. The molecule has 2 aromatic rings. The number of nitrogens with zero attached hydrogens (tertiary/aromatic N) is 2. The highest BCUT2D eigenvalue weighted by atomic mass is 79.9. The number of rotatable bonds is 6. The van der Waals surface area contributed by atoms with Gasteiger partial charge in [0.2, 0.25) is 0 Å². The highest BCUT2D eigenvalue weighted by Crippen LogP contribution is 2.33. The first-order valence-corrected chi connectivity index (χ1v) is 10.9. The normalized spacial score (nSPS) is 16.8. The summed E-state index contributed by atoms with van der Waals surface area (Å²) in [5, 5.41) is 11.4. The average molecular weight is 462 g/mol. The summed E-state index contributed by atoms with van der Waals surface area (Å²) in [7, 11) is 0. The van der Waals surface area contributed by atoms with E-state index >= 15 is 0 Å². The van der Waals surface area contributed by atoms with E-state index in [0.717, 1.165) is 48.5 Å². The summed E-state index contributed by atoms with van der Waals surface area (Å²) >= 11 is 4.81. The van der Waals surface area contributed by atoms with Gasteiger partial charge in [0, 0.05) is 49.1 Å². The van der Waals surface area contributed by atoms with E-state index in [1.165, 1.54) is 11.3 Å². The Morgan fingerprint density at radius 3 is 2.79 bits per heavy atom. The topological polar surface area (TPSA) is 69.3 Å². The maximum atomic E-state index is 12.2. The SMILES string of the molecule is C#CC(C)(c1ccc(Br)cc1)c1csc(NC(=O)NCCN2CCNCC2)n1. The molecule has 3 N–H and O–H groups in total. The molecule has 148 valence electrons. The second-order valence-corrected chi connectivity index (χ2v) is 8.56. The van der Waals surface area contributed by atoms with E-state index in [4.69, 9.17) is 6.42 Å². The van der Waals surface area contributed by atoms with Gasteiger partial charge < -0.3 is 10.6 Å². The van der Waals surface area contributed by atoms with Crippen molar-refractivity contribution in [2.45, 2.75) is 12.3 Å². The van der Waals surface area contributed by atoms with Crippen LogP contribution in [-0.2, 0) is 5.41 Å². The van der Waals surface area contributed by atoms with Gasteiger partial charge in [-0.25, -0.2) is 9.78 Å². The van der Waals surface area contributed by atoms with Gasteiger partial charge in [0.1, 0.15) is 0 Å². The van der Waals surface area contributed by atoms with Crippen LogP contribution in [0.15, 0.2) is 34.1 Å². The van der Waals surface area contributed by atoms with Gasteiger partial charge >= 0.3 is 6.03 Å². The van der Waals surface area contributed by atoms with Gasteiger partial charge in [-0.2, -0.15) is 0 Å². The minimum atomic E-state index is -0.657. The van der Waals surface area contributed by atoms with Crippen molar-refractivity contribution in [2.24, 2.45) is 0 Å². The Morgan fingerprint density at radius 2 is 2.11 bits per heavy atom. The Morgan fingerprint density at radius 1 is 1.39 bits per heavy atom. The van der Waals surface area contributed by atoms with Crippen molar-refractivity contribution in [3.8, 4) is 12.3 Å². The second kappa shape index (κ2) is 9.52. The number of anilines is 1. The van der Waals surface area contributed by atoms with Crippen molar-refractivity contribution in [1.29, 1.82) is 0 Å². The van der Waals surface area contributed by atoms with Crippen molar-refractivity contribution in [2.75, 3.05) is 44.6 Å². The number of hydrogen-bond acceptors (Lipinski definition) is 5. The van der Waals surface area contributed by atoms with Crippen LogP contribution >= 0.6 is 27.3 Å². The summed E-state index contributed by atoms with van der Waals surface area (Å²) in [6, 6.07) is 7.64. The fraction of sp³-hybridized carbons (Fsp3) is 0.400. The van der Waals surface area contributed by atoms with Crippen molar-refractivity contribution >= 4 is 38.4 Å². The summed E-state index contributed by atoms with van der Waals surface area (Å²) in [6.45, 7) is 7.44. The molecule has 0 saturated carbocycles. The number of nitrogens with one attached hydrogen (secondary N) is 3. The summed E-state index contributed by atoms with van der Waals surface area (Å²) in [5.41, 5.74) is 1.07. The molecule has 1 atom stereocenters. The van der Waals surface area contributed by atoms with Crippen LogP contribution < -0.4 is 16.0 Å². The van der Waals surface area contributed by atoms with Crippen LogP contribution in [0.3, 0.4) is 0 Å². The fourth-order valence-electron chi connectivity index (χ4n) is 3.05. The van der Waals surface area contributed by atoms with Gasteiger partial charge in [-0.1, -0.05) is 34.0 Å². The summed E-state index contributed by atoms with van der Waals surface area (Å²) in [6.07, 6.45) is 5.85. The van der Waals surface area contributed by atoms with Crippen molar-refractivity contribution in [1.82, 2.24) is 20.5 Å². The number of terminal acetylenes is 1. The van der Waals surface area contributed by atoms with Gasteiger partial charge in [-0.15, -0.1) is 17.8 Å². The number of piperazine rings is 1. The molecule has 8 heteroatoms. The Hall–Kier alpha value is -1.92. The fourth-order valence-corrected chi connectivity index (χ4v) is 4.13. The van der Waals surface area contributed by atoms with Gasteiger partial charge in [0.05, 0.1) is 11.1 Å². The van der Waals surface area contributed by atoms with E-state index in [1.807, 2.05) is 36.6 Å². The molecule has 2 heterocycles. The lowest BCUT2D eigenvalue weighted by Crippen LogP contribution is -2.46. The Bertz CT molecular complexity index is 841. The molecule has 1 aromatic carbocycles. The number of halogens is 1. The van der Waals surface area contributed by atoms with E-state index in [0.29, 0.717) is 11.7 Å². The highest BCUT2D eigenvalue weighted by molar-refractivity contribution is 9.10. The zero-order valence-electron chi connectivity index (χ0n) is 15.8. The molecule has 1 saturated heterocycles. The maximum Gasteiger partial charge on any atom is 0.321 e. The van der Waals surface area contributed by atoms with Crippen LogP contribution in [0.25, 0.3) is 0 Å². The summed E-state index contributed by atoms with van der Waals surface area (Å²) in [4.78, 5) is 19.0. The molecule has 2 amide bonds. The van der Waals surface area contributed by atoms with Gasteiger partial charge in [-0.05, 0) is 24.6 Å². The van der Waals surface area contributed by atoms with Crippen LogP contribution in [0.1, 0.15) is 18.2 Å². The molecule has 28 heavy (non-hydrogen) atoms. The Kier molecular flexibility index (Phi) is 7.08. The third-order valence-corrected chi connectivity index (χ3v) is 6.16. The largest absolute Gasteiger partial charge is 0.337 e.